The highest BCUT2D eigenvalue weighted by Gasteiger charge is 2.29. The van der Waals surface area contributed by atoms with Gasteiger partial charge in [-0.3, -0.25) is 4.79 Å². The molecule has 1 unspecified atom stereocenters. The van der Waals surface area contributed by atoms with Crippen molar-refractivity contribution in [1.29, 1.82) is 0 Å². The molecule has 1 aromatic rings. The van der Waals surface area contributed by atoms with Crippen LogP contribution in [0.1, 0.15) is 18.4 Å². The van der Waals surface area contributed by atoms with Crippen LogP contribution in [0.15, 0.2) is 24.3 Å². The van der Waals surface area contributed by atoms with Crippen molar-refractivity contribution < 1.29 is 17.6 Å². The Hall–Kier alpha value is -1.43. The Morgan fingerprint density at radius 1 is 1.32 bits per heavy atom. The lowest BCUT2D eigenvalue weighted by Crippen LogP contribution is -2.37. The molecule has 4 nitrogen and oxygen atoms in total. The van der Waals surface area contributed by atoms with Crippen molar-refractivity contribution >= 4 is 15.7 Å². The van der Waals surface area contributed by atoms with E-state index in [0.29, 0.717) is 12.8 Å². The number of sulfone groups is 1. The molecule has 1 fully saturated rings. The molecular formula is C13H16FNO3S. The maximum absolute atomic E-state index is 12.7. The molecule has 1 atom stereocenters. The van der Waals surface area contributed by atoms with Crippen molar-refractivity contribution in [2.24, 2.45) is 5.92 Å². The molecule has 6 heteroatoms. The standard InChI is InChI=1S/C13H16FNO3S/c14-12-5-3-10(4-6-12)8-15-13(16)11-2-1-7-19(17,18)9-11/h3-6,11H,1-2,7-9H2,(H,15,16). The molecule has 1 saturated heterocycles. The fraction of sp³-hybridized carbons (Fsp3) is 0.462. The first-order valence-electron chi connectivity index (χ1n) is 6.19. The lowest BCUT2D eigenvalue weighted by molar-refractivity contribution is -0.124. The topological polar surface area (TPSA) is 63.2 Å². The maximum Gasteiger partial charge on any atom is 0.224 e. The number of amides is 1. The van der Waals surface area contributed by atoms with E-state index in [0.717, 1.165) is 5.56 Å². The summed E-state index contributed by atoms with van der Waals surface area (Å²) in [7, 11) is -3.08. The van der Waals surface area contributed by atoms with Crippen molar-refractivity contribution in [3.05, 3.63) is 35.6 Å². The zero-order valence-electron chi connectivity index (χ0n) is 10.4. The molecule has 0 aliphatic carbocycles. The molecule has 0 saturated carbocycles. The third kappa shape index (κ3) is 4.02. The van der Waals surface area contributed by atoms with Gasteiger partial charge in [-0.15, -0.1) is 0 Å². The number of carbonyl (C=O) groups is 1. The third-order valence-corrected chi connectivity index (χ3v) is 5.03. The number of benzene rings is 1. The summed E-state index contributed by atoms with van der Waals surface area (Å²) in [5.74, 6) is -0.919. The first-order chi connectivity index (χ1) is 8.96. The van der Waals surface area contributed by atoms with Crippen LogP contribution in [0.2, 0.25) is 0 Å². The minimum Gasteiger partial charge on any atom is -0.352 e. The van der Waals surface area contributed by atoms with Gasteiger partial charge in [-0.2, -0.15) is 0 Å². The van der Waals surface area contributed by atoms with Crippen LogP contribution in [0.3, 0.4) is 0 Å². The van der Waals surface area contributed by atoms with Crippen LogP contribution < -0.4 is 5.32 Å². The maximum atomic E-state index is 12.7. The molecule has 104 valence electrons. The first kappa shape index (κ1) is 14.0. The second kappa shape index (κ2) is 5.69. The lowest BCUT2D eigenvalue weighted by atomic mass is 10.0. The number of halogens is 1. The second-order valence-corrected chi connectivity index (χ2v) is 7.03. The first-order valence-corrected chi connectivity index (χ1v) is 8.01. The van der Waals surface area contributed by atoms with E-state index >= 15 is 0 Å². The monoisotopic (exact) mass is 285 g/mol. The van der Waals surface area contributed by atoms with Crippen molar-refractivity contribution in [3.8, 4) is 0 Å². The van der Waals surface area contributed by atoms with Crippen LogP contribution in [0.4, 0.5) is 4.39 Å². The van der Waals surface area contributed by atoms with E-state index < -0.39 is 15.8 Å². The van der Waals surface area contributed by atoms with Crippen LogP contribution in [-0.4, -0.2) is 25.8 Å². The molecule has 1 aromatic carbocycles. The SMILES string of the molecule is O=C(NCc1ccc(F)cc1)C1CCCS(=O)(=O)C1. The summed E-state index contributed by atoms with van der Waals surface area (Å²) in [4.78, 5) is 11.9. The Balaban J connectivity index is 1.89. The van der Waals surface area contributed by atoms with E-state index in [1.807, 2.05) is 0 Å². The zero-order chi connectivity index (χ0) is 13.9. The van der Waals surface area contributed by atoms with Crippen LogP contribution in [0.5, 0.6) is 0 Å². The summed E-state index contributed by atoms with van der Waals surface area (Å²) in [6.07, 6.45) is 1.14. The minimum absolute atomic E-state index is 0.0672. The number of hydrogen-bond acceptors (Lipinski definition) is 3. The van der Waals surface area contributed by atoms with Gasteiger partial charge >= 0.3 is 0 Å². The van der Waals surface area contributed by atoms with Crippen LogP contribution in [-0.2, 0) is 21.2 Å². The van der Waals surface area contributed by atoms with E-state index in [-0.39, 0.29) is 29.8 Å². The molecule has 1 N–H and O–H groups in total. The van der Waals surface area contributed by atoms with E-state index in [1.54, 1.807) is 12.1 Å². The Kier molecular flexibility index (Phi) is 4.19. The van der Waals surface area contributed by atoms with Gasteiger partial charge in [0.1, 0.15) is 5.82 Å². The predicted molar refractivity (Wildman–Crippen MR) is 69.6 cm³/mol. The highest BCUT2D eigenvalue weighted by Crippen LogP contribution is 2.18. The molecule has 1 aliphatic heterocycles. The van der Waals surface area contributed by atoms with Crippen LogP contribution >= 0.6 is 0 Å². The summed E-state index contributed by atoms with van der Waals surface area (Å²) in [5.41, 5.74) is 0.786. The lowest BCUT2D eigenvalue weighted by Gasteiger charge is -2.21. The quantitative estimate of drug-likeness (QED) is 0.909. The largest absolute Gasteiger partial charge is 0.352 e. The summed E-state index contributed by atoms with van der Waals surface area (Å²) in [5, 5.41) is 2.70. The number of rotatable bonds is 3. The number of nitrogens with one attached hydrogen (secondary N) is 1. The third-order valence-electron chi connectivity index (χ3n) is 3.21. The number of carbonyl (C=O) groups excluding carboxylic acids is 1. The normalized spacial score (nSPS) is 21.8. The van der Waals surface area contributed by atoms with Crippen LogP contribution in [0, 0.1) is 11.7 Å². The van der Waals surface area contributed by atoms with Crippen molar-refractivity contribution in [2.45, 2.75) is 19.4 Å². The smallest absolute Gasteiger partial charge is 0.224 e. The highest BCUT2D eigenvalue weighted by molar-refractivity contribution is 7.91. The predicted octanol–water partition coefficient (Wildman–Crippen LogP) is 1.27. The Morgan fingerprint density at radius 3 is 2.63 bits per heavy atom. The van der Waals surface area contributed by atoms with Gasteiger partial charge in [0, 0.05) is 6.54 Å². The second-order valence-electron chi connectivity index (χ2n) is 4.80. The van der Waals surface area contributed by atoms with E-state index in [4.69, 9.17) is 0 Å². The fourth-order valence-electron chi connectivity index (χ4n) is 2.17. The van der Waals surface area contributed by atoms with Gasteiger partial charge in [-0.1, -0.05) is 12.1 Å². The summed E-state index contributed by atoms with van der Waals surface area (Å²) in [6.45, 7) is 0.287. The Labute approximate surface area is 111 Å². The van der Waals surface area contributed by atoms with Gasteiger partial charge in [-0.25, -0.2) is 12.8 Å². The molecule has 0 spiro atoms. The van der Waals surface area contributed by atoms with Gasteiger partial charge in [0.05, 0.1) is 17.4 Å². The van der Waals surface area contributed by atoms with Gasteiger partial charge in [0.25, 0.3) is 0 Å². The minimum atomic E-state index is -3.08. The average Bonchev–Trinajstić information content (AvgIpc) is 2.36. The van der Waals surface area contributed by atoms with Crippen molar-refractivity contribution in [2.75, 3.05) is 11.5 Å². The van der Waals surface area contributed by atoms with Crippen molar-refractivity contribution in [3.63, 3.8) is 0 Å². The summed E-state index contributed by atoms with van der Waals surface area (Å²) in [6, 6.07) is 5.83. The molecule has 1 aliphatic rings. The number of hydrogen-bond donors (Lipinski definition) is 1. The van der Waals surface area contributed by atoms with Gasteiger partial charge in [0.2, 0.25) is 5.91 Å². The summed E-state index contributed by atoms with van der Waals surface area (Å²) >= 11 is 0. The van der Waals surface area contributed by atoms with E-state index in [2.05, 4.69) is 5.32 Å². The Morgan fingerprint density at radius 2 is 2.00 bits per heavy atom. The van der Waals surface area contributed by atoms with Gasteiger partial charge < -0.3 is 5.32 Å². The molecule has 0 aromatic heterocycles. The van der Waals surface area contributed by atoms with Gasteiger partial charge in [0.15, 0.2) is 9.84 Å². The van der Waals surface area contributed by atoms with Crippen LogP contribution in [0.25, 0.3) is 0 Å². The molecular weight excluding hydrogens is 269 g/mol. The molecule has 1 amide bonds. The molecule has 2 rings (SSSR count). The molecule has 0 radical (unpaired) electrons. The zero-order valence-corrected chi connectivity index (χ0v) is 11.2. The summed E-state index contributed by atoms with van der Waals surface area (Å²) < 4.78 is 35.6. The average molecular weight is 285 g/mol. The van der Waals surface area contributed by atoms with E-state index in [9.17, 15) is 17.6 Å². The van der Waals surface area contributed by atoms with Gasteiger partial charge in [-0.05, 0) is 30.5 Å². The highest BCUT2D eigenvalue weighted by atomic mass is 32.2. The molecule has 1 heterocycles. The molecule has 0 bridgehead atoms. The Bertz CT molecular complexity index is 554. The fourth-order valence-corrected chi connectivity index (χ4v) is 3.87. The van der Waals surface area contributed by atoms with E-state index in [1.165, 1.54) is 12.1 Å². The van der Waals surface area contributed by atoms with Crippen molar-refractivity contribution in [1.82, 2.24) is 5.32 Å². The molecule has 19 heavy (non-hydrogen) atoms.